The number of nitrogens with one attached hydrogen (secondary N) is 1. The molecule has 5 heteroatoms. The Morgan fingerprint density at radius 2 is 2.11 bits per heavy atom. The molecule has 1 aromatic rings. The molecule has 19 heavy (non-hydrogen) atoms. The summed E-state index contributed by atoms with van der Waals surface area (Å²) in [5.41, 5.74) is 1.10. The van der Waals surface area contributed by atoms with Crippen molar-refractivity contribution in [2.45, 2.75) is 32.1 Å². The molecular weight excluding hydrogens is 258 g/mol. The first-order chi connectivity index (χ1) is 9.19. The van der Waals surface area contributed by atoms with Gasteiger partial charge in [-0.05, 0) is 33.0 Å². The fourth-order valence-corrected chi connectivity index (χ4v) is 2.55. The topological polar surface area (TPSA) is 46.5 Å². The first kappa shape index (κ1) is 16.1. The summed E-state index contributed by atoms with van der Waals surface area (Å²) in [5, 5.41) is 4.42. The Morgan fingerprint density at radius 1 is 1.42 bits per heavy atom. The van der Waals surface area contributed by atoms with Gasteiger partial charge in [0.15, 0.2) is 0 Å². The average molecular weight is 281 g/mol. The zero-order valence-corrected chi connectivity index (χ0v) is 12.9. The second-order valence-corrected chi connectivity index (χ2v) is 5.56. The van der Waals surface area contributed by atoms with E-state index in [1.54, 1.807) is 24.2 Å². The van der Waals surface area contributed by atoms with Gasteiger partial charge >= 0.3 is 0 Å². The van der Waals surface area contributed by atoms with Gasteiger partial charge in [0.2, 0.25) is 0 Å². The molecule has 2 atom stereocenters. The number of aliphatic imine (C=N–C) groups is 1. The van der Waals surface area contributed by atoms with Crippen LogP contribution in [0.4, 0.5) is 0 Å². The van der Waals surface area contributed by atoms with Crippen LogP contribution in [-0.4, -0.2) is 41.7 Å². The van der Waals surface area contributed by atoms with Gasteiger partial charge in [-0.15, -0.1) is 11.8 Å². The van der Waals surface area contributed by atoms with E-state index < -0.39 is 0 Å². The van der Waals surface area contributed by atoms with E-state index in [9.17, 15) is 0 Å². The molecule has 1 heterocycles. The Balaban J connectivity index is 2.76. The largest absolute Gasteiger partial charge is 0.378 e. The summed E-state index contributed by atoms with van der Waals surface area (Å²) in [7, 11) is 1.89. The molecule has 1 N–H and O–H groups in total. The van der Waals surface area contributed by atoms with Crippen molar-refractivity contribution in [1.82, 2.24) is 10.3 Å². The van der Waals surface area contributed by atoms with Crippen molar-refractivity contribution >= 4 is 16.8 Å². The minimum atomic E-state index is 0.205. The van der Waals surface area contributed by atoms with Crippen LogP contribution in [0.25, 0.3) is 0 Å². The van der Waals surface area contributed by atoms with E-state index in [4.69, 9.17) is 4.74 Å². The quantitative estimate of drug-likeness (QED) is 0.616. The highest BCUT2D eigenvalue weighted by Crippen LogP contribution is 2.22. The van der Waals surface area contributed by atoms with Crippen molar-refractivity contribution in [2.24, 2.45) is 4.99 Å². The summed E-state index contributed by atoms with van der Waals surface area (Å²) in [6.07, 6.45) is 3.79. The lowest BCUT2D eigenvalue weighted by Crippen LogP contribution is -2.22. The van der Waals surface area contributed by atoms with Gasteiger partial charge < -0.3 is 10.1 Å². The van der Waals surface area contributed by atoms with E-state index in [-0.39, 0.29) is 6.10 Å². The summed E-state index contributed by atoms with van der Waals surface area (Å²) in [5.74, 6) is 0. The highest BCUT2D eigenvalue weighted by atomic mass is 32.2. The molecule has 106 valence electrons. The predicted molar refractivity (Wildman–Crippen MR) is 82.8 cm³/mol. The molecule has 0 aliphatic rings. The van der Waals surface area contributed by atoms with Gasteiger partial charge in [0.1, 0.15) is 0 Å². The Kier molecular flexibility index (Phi) is 7.70. The maximum Gasteiger partial charge on any atom is 0.0997 e. The van der Waals surface area contributed by atoms with E-state index in [1.165, 1.54) is 0 Å². The fourth-order valence-electron chi connectivity index (χ4n) is 1.51. The lowest BCUT2D eigenvalue weighted by Gasteiger charge is -2.20. The SMILES string of the molecule is CCO[C@@H](C)C(C)SC(=NCNC)c1ccncc1. The van der Waals surface area contributed by atoms with Gasteiger partial charge in [-0.3, -0.25) is 9.98 Å². The van der Waals surface area contributed by atoms with E-state index >= 15 is 0 Å². The summed E-state index contributed by atoms with van der Waals surface area (Å²) in [4.78, 5) is 8.63. The summed E-state index contributed by atoms with van der Waals surface area (Å²) in [6.45, 7) is 7.64. The maximum absolute atomic E-state index is 5.64. The van der Waals surface area contributed by atoms with E-state index in [0.717, 1.165) is 17.2 Å². The molecule has 0 bridgehead atoms. The first-order valence-corrected chi connectivity index (χ1v) is 7.44. The van der Waals surface area contributed by atoms with E-state index in [2.05, 4.69) is 29.1 Å². The Labute approximate surface area is 120 Å². The van der Waals surface area contributed by atoms with Crippen LogP contribution in [0.1, 0.15) is 26.3 Å². The second-order valence-electron chi connectivity index (χ2n) is 4.19. The number of thioether (sulfide) groups is 1. The van der Waals surface area contributed by atoms with Crippen molar-refractivity contribution in [3.05, 3.63) is 30.1 Å². The molecule has 0 saturated carbocycles. The predicted octanol–water partition coefficient (Wildman–Crippen LogP) is 2.55. The zero-order chi connectivity index (χ0) is 14.1. The van der Waals surface area contributed by atoms with Gasteiger partial charge in [0.25, 0.3) is 0 Å². The van der Waals surface area contributed by atoms with Crippen LogP contribution in [0.2, 0.25) is 0 Å². The lowest BCUT2D eigenvalue weighted by atomic mass is 10.3. The number of hydrogen-bond donors (Lipinski definition) is 1. The van der Waals surface area contributed by atoms with Crippen molar-refractivity contribution < 1.29 is 4.74 Å². The highest BCUT2D eigenvalue weighted by molar-refractivity contribution is 8.15. The average Bonchev–Trinajstić information content (AvgIpc) is 2.44. The Bertz CT molecular complexity index is 384. The van der Waals surface area contributed by atoms with Gasteiger partial charge in [0, 0.05) is 29.8 Å². The van der Waals surface area contributed by atoms with Crippen LogP contribution < -0.4 is 5.32 Å². The Hall–Kier alpha value is -0.910. The van der Waals surface area contributed by atoms with Gasteiger partial charge in [-0.1, -0.05) is 6.92 Å². The van der Waals surface area contributed by atoms with E-state index in [0.29, 0.717) is 11.9 Å². The molecule has 1 unspecified atom stereocenters. The first-order valence-electron chi connectivity index (χ1n) is 6.56. The van der Waals surface area contributed by atoms with Crippen LogP contribution in [-0.2, 0) is 4.74 Å². The number of hydrogen-bond acceptors (Lipinski definition) is 5. The van der Waals surface area contributed by atoms with Crippen LogP contribution >= 0.6 is 11.8 Å². The van der Waals surface area contributed by atoms with Crippen molar-refractivity contribution in [3.63, 3.8) is 0 Å². The summed E-state index contributed by atoms with van der Waals surface area (Å²) >= 11 is 1.74. The molecule has 0 aliphatic heterocycles. The third-order valence-corrected chi connectivity index (χ3v) is 4.04. The minimum Gasteiger partial charge on any atom is -0.378 e. The van der Waals surface area contributed by atoms with Gasteiger partial charge in [-0.25, -0.2) is 0 Å². The number of nitrogens with zero attached hydrogens (tertiary/aromatic N) is 2. The number of pyridine rings is 1. The smallest absolute Gasteiger partial charge is 0.0997 e. The normalized spacial score (nSPS) is 15.3. The molecule has 0 spiro atoms. The number of aromatic nitrogens is 1. The molecule has 0 saturated heterocycles. The summed E-state index contributed by atoms with van der Waals surface area (Å²) in [6, 6.07) is 3.97. The van der Waals surface area contributed by atoms with Crippen LogP contribution in [0, 0.1) is 0 Å². The molecule has 0 aromatic carbocycles. The molecule has 0 amide bonds. The summed E-state index contributed by atoms with van der Waals surface area (Å²) < 4.78 is 5.64. The molecule has 0 aliphatic carbocycles. The van der Waals surface area contributed by atoms with E-state index in [1.807, 2.05) is 26.1 Å². The molecule has 1 aromatic heterocycles. The standard InChI is InChI=1S/C14H23N3OS/c1-5-18-11(2)12(3)19-14(17-10-15-4)13-6-8-16-9-7-13/h6-9,11-12,15H,5,10H2,1-4H3/t11-,12?/m0/s1. The molecule has 1 rings (SSSR count). The Morgan fingerprint density at radius 3 is 2.68 bits per heavy atom. The number of ether oxygens (including phenoxy) is 1. The van der Waals surface area contributed by atoms with Crippen LogP contribution in [0.15, 0.2) is 29.5 Å². The minimum absolute atomic E-state index is 0.205. The maximum atomic E-state index is 5.64. The second kappa shape index (κ2) is 9.07. The van der Waals surface area contributed by atoms with Crippen molar-refractivity contribution in [1.29, 1.82) is 0 Å². The molecule has 0 radical (unpaired) electrons. The van der Waals surface area contributed by atoms with Gasteiger partial charge in [-0.2, -0.15) is 0 Å². The number of rotatable bonds is 7. The molecule has 0 fully saturated rings. The van der Waals surface area contributed by atoms with Crippen molar-refractivity contribution in [3.8, 4) is 0 Å². The molecule has 4 nitrogen and oxygen atoms in total. The molecular formula is C14H23N3OS. The fraction of sp³-hybridized carbons (Fsp3) is 0.571. The van der Waals surface area contributed by atoms with Crippen LogP contribution in [0.5, 0.6) is 0 Å². The highest BCUT2D eigenvalue weighted by Gasteiger charge is 2.16. The third kappa shape index (κ3) is 5.72. The van der Waals surface area contributed by atoms with Crippen LogP contribution in [0.3, 0.4) is 0 Å². The van der Waals surface area contributed by atoms with Gasteiger partial charge in [0.05, 0.1) is 17.8 Å². The third-order valence-electron chi connectivity index (χ3n) is 2.70. The monoisotopic (exact) mass is 281 g/mol. The van der Waals surface area contributed by atoms with Crippen molar-refractivity contribution in [2.75, 3.05) is 20.3 Å². The zero-order valence-electron chi connectivity index (χ0n) is 12.1. The lowest BCUT2D eigenvalue weighted by molar-refractivity contribution is 0.0780.